The van der Waals surface area contributed by atoms with Gasteiger partial charge in [-0.3, -0.25) is 9.20 Å². The summed E-state index contributed by atoms with van der Waals surface area (Å²) in [5.74, 6) is -0.0427. The highest BCUT2D eigenvalue weighted by Crippen LogP contribution is 2.32. The van der Waals surface area contributed by atoms with E-state index in [4.69, 9.17) is 0 Å². The van der Waals surface area contributed by atoms with E-state index in [9.17, 15) is 4.79 Å². The van der Waals surface area contributed by atoms with E-state index in [1.165, 1.54) is 0 Å². The minimum atomic E-state index is -0.0427. The Balaban J connectivity index is 1.34. The van der Waals surface area contributed by atoms with Crippen LogP contribution >= 0.6 is 11.8 Å². The number of imidazole rings is 2. The summed E-state index contributed by atoms with van der Waals surface area (Å²) in [7, 11) is 2.02. The fraction of sp³-hybridized carbons (Fsp3) is 0.389. The van der Waals surface area contributed by atoms with Crippen molar-refractivity contribution in [2.45, 2.75) is 42.1 Å². The monoisotopic (exact) mass is 355 g/mol. The van der Waals surface area contributed by atoms with E-state index in [2.05, 4.69) is 19.9 Å². The maximum Gasteiger partial charge on any atom is 0.270 e. The fourth-order valence-corrected chi connectivity index (χ4v) is 4.45. The van der Waals surface area contributed by atoms with Crippen molar-refractivity contribution in [3.05, 3.63) is 48.7 Å². The Morgan fingerprint density at radius 3 is 2.80 bits per heavy atom. The van der Waals surface area contributed by atoms with Crippen LogP contribution in [-0.2, 0) is 7.05 Å². The number of nitrogens with zero attached hydrogens (tertiary/aromatic N) is 4. The molecule has 3 aromatic rings. The first-order chi connectivity index (χ1) is 12.2. The summed E-state index contributed by atoms with van der Waals surface area (Å²) in [6.45, 7) is 0. The van der Waals surface area contributed by atoms with Gasteiger partial charge in [-0.1, -0.05) is 17.8 Å². The molecular weight excluding hydrogens is 334 g/mol. The third-order valence-corrected chi connectivity index (χ3v) is 6.12. The van der Waals surface area contributed by atoms with Crippen LogP contribution in [0, 0.1) is 0 Å². The van der Waals surface area contributed by atoms with Gasteiger partial charge in [0, 0.05) is 36.9 Å². The van der Waals surface area contributed by atoms with Crippen molar-refractivity contribution >= 4 is 23.3 Å². The molecule has 1 saturated carbocycles. The normalized spacial score (nSPS) is 20.7. The maximum absolute atomic E-state index is 12.6. The van der Waals surface area contributed by atoms with E-state index in [1.807, 2.05) is 60.0 Å². The third kappa shape index (κ3) is 3.42. The zero-order valence-corrected chi connectivity index (χ0v) is 14.9. The van der Waals surface area contributed by atoms with Crippen LogP contribution in [0.15, 0.2) is 48.1 Å². The topological polar surface area (TPSA) is 64.2 Å². The molecule has 0 saturated heterocycles. The molecule has 0 spiro atoms. The molecule has 0 bridgehead atoms. The minimum Gasteiger partial charge on any atom is -0.348 e. The number of thioether (sulfide) groups is 1. The molecule has 4 rings (SSSR count). The molecule has 25 heavy (non-hydrogen) atoms. The van der Waals surface area contributed by atoms with Gasteiger partial charge in [-0.2, -0.15) is 0 Å². The number of hydrogen-bond donors (Lipinski definition) is 1. The second-order valence-electron chi connectivity index (χ2n) is 6.46. The minimum absolute atomic E-state index is 0.0427. The standard InChI is InChI=1S/C18H21N5OS/c1-22-11-9-19-18(22)25-14-7-5-13(6-8-14)21-17(24)15-12-20-16-4-2-3-10-23(15)16/h2-4,9-14H,5-8H2,1H3,(H,21,24). The first kappa shape index (κ1) is 16.2. The number of rotatable bonds is 4. The molecule has 1 fully saturated rings. The Hall–Kier alpha value is -2.28. The van der Waals surface area contributed by atoms with Gasteiger partial charge < -0.3 is 9.88 Å². The van der Waals surface area contributed by atoms with Gasteiger partial charge in [0.2, 0.25) is 0 Å². The van der Waals surface area contributed by atoms with E-state index in [1.54, 1.807) is 6.20 Å². The van der Waals surface area contributed by atoms with Crippen molar-refractivity contribution in [2.24, 2.45) is 7.05 Å². The Morgan fingerprint density at radius 1 is 1.20 bits per heavy atom. The molecule has 7 heteroatoms. The van der Waals surface area contributed by atoms with Crippen molar-refractivity contribution < 1.29 is 4.79 Å². The molecule has 0 atom stereocenters. The first-order valence-electron chi connectivity index (χ1n) is 8.57. The lowest BCUT2D eigenvalue weighted by Gasteiger charge is -2.28. The maximum atomic E-state index is 12.6. The van der Waals surface area contributed by atoms with Gasteiger partial charge >= 0.3 is 0 Å². The first-order valence-corrected chi connectivity index (χ1v) is 9.45. The molecule has 3 aromatic heterocycles. The predicted octanol–water partition coefficient (Wildman–Crippen LogP) is 2.90. The molecule has 1 aliphatic carbocycles. The second kappa shape index (κ2) is 6.92. The van der Waals surface area contributed by atoms with E-state index in [0.29, 0.717) is 10.9 Å². The summed E-state index contributed by atoms with van der Waals surface area (Å²) in [6.07, 6.45) is 11.5. The van der Waals surface area contributed by atoms with Crippen LogP contribution in [0.4, 0.5) is 0 Å². The molecular formula is C18H21N5OS. The molecule has 0 unspecified atom stereocenters. The highest BCUT2D eigenvalue weighted by atomic mass is 32.2. The molecule has 0 aliphatic heterocycles. The lowest BCUT2D eigenvalue weighted by atomic mass is 9.95. The number of hydrogen-bond acceptors (Lipinski definition) is 4. The van der Waals surface area contributed by atoms with E-state index in [-0.39, 0.29) is 11.9 Å². The number of carbonyl (C=O) groups excluding carboxylic acids is 1. The van der Waals surface area contributed by atoms with Gasteiger partial charge in [0.05, 0.1) is 6.20 Å². The number of carbonyl (C=O) groups is 1. The van der Waals surface area contributed by atoms with Crippen molar-refractivity contribution in [1.29, 1.82) is 0 Å². The Bertz CT molecular complexity index is 878. The zero-order chi connectivity index (χ0) is 17.2. The van der Waals surface area contributed by atoms with E-state index in [0.717, 1.165) is 36.5 Å². The summed E-state index contributed by atoms with van der Waals surface area (Å²) in [4.78, 5) is 21.3. The lowest BCUT2D eigenvalue weighted by molar-refractivity contribution is 0.0922. The fourth-order valence-electron chi connectivity index (χ4n) is 3.30. The summed E-state index contributed by atoms with van der Waals surface area (Å²) in [5.41, 5.74) is 1.39. The van der Waals surface area contributed by atoms with E-state index < -0.39 is 0 Å². The van der Waals surface area contributed by atoms with Crippen LogP contribution in [0.25, 0.3) is 5.65 Å². The van der Waals surface area contributed by atoms with Gasteiger partial charge in [-0.25, -0.2) is 9.97 Å². The van der Waals surface area contributed by atoms with Gasteiger partial charge in [-0.15, -0.1) is 0 Å². The van der Waals surface area contributed by atoms with Gasteiger partial charge in [0.1, 0.15) is 11.3 Å². The van der Waals surface area contributed by atoms with E-state index >= 15 is 0 Å². The van der Waals surface area contributed by atoms with Crippen LogP contribution in [0.2, 0.25) is 0 Å². The predicted molar refractivity (Wildman–Crippen MR) is 97.8 cm³/mol. The molecule has 130 valence electrons. The lowest BCUT2D eigenvalue weighted by Crippen LogP contribution is -2.38. The molecule has 1 N–H and O–H groups in total. The SMILES string of the molecule is Cn1ccnc1SC1CCC(NC(=O)c2cnc3ccccn23)CC1. The number of aryl methyl sites for hydroxylation is 1. The molecule has 1 aliphatic rings. The van der Waals surface area contributed by atoms with Crippen LogP contribution < -0.4 is 5.32 Å². The number of fused-ring (bicyclic) bond motifs is 1. The zero-order valence-electron chi connectivity index (χ0n) is 14.1. The molecule has 1 amide bonds. The van der Waals surface area contributed by atoms with Crippen LogP contribution in [0.3, 0.4) is 0 Å². The van der Waals surface area contributed by atoms with Gasteiger partial charge in [-0.05, 0) is 37.8 Å². The largest absolute Gasteiger partial charge is 0.348 e. The summed E-state index contributed by atoms with van der Waals surface area (Å²) in [6, 6.07) is 5.97. The average Bonchev–Trinajstić information content (AvgIpc) is 3.23. The van der Waals surface area contributed by atoms with Crippen molar-refractivity contribution in [3.8, 4) is 0 Å². The Kier molecular flexibility index (Phi) is 4.48. The number of nitrogens with one attached hydrogen (secondary N) is 1. The van der Waals surface area contributed by atoms with Crippen LogP contribution in [0.1, 0.15) is 36.2 Å². The number of amides is 1. The Labute approximate surface area is 150 Å². The summed E-state index contributed by atoms with van der Waals surface area (Å²) in [5, 5.41) is 4.82. The smallest absolute Gasteiger partial charge is 0.270 e. The average molecular weight is 355 g/mol. The molecule has 0 aromatic carbocycles. The van der Waals surface area contributed by atoms with Crippen molar-refractivity contribution in [3.63, 3.8) is 0 Å². The summed E-state index contributed by atoms with van der Waals surface area (Å²) >= 11 is 1.84. The molecule has 0 radical (unpaired) electrons. The van der Waals surface area contributed by atoms with Crippen LogP contribution in [-0.4, -0.2) is 36.1 Å². The van der Waals surface area contributed by atoms with Gasteiger partial charge in [0.15, 0.2) is 5.16 Å². The molecule has 6 nitrogen and oxygen atoms in total. The highest BCUT2D eigenvalue weighted by molar-refractivity contribution is 7.99. The van der Waals surface area contributed by atoms with Crippen molar-refractivity contribution in [1.82, 2.24) is 24.3 Å². The van der Waals surface area contributed by atoms with Crippen molar-refractivity contribution in [2.75, 3.05) is 0 Å². The van der Waals surface area contributed by atoms with Gasteiger partial charge in [0.25, 0.3) is 5.91 Å². The van der Waals surface area contributed by atoms with Crippen LogP contribution in [0.5, 0.6) is 0 Å². The third-order valence-electron chi connectivity index (χ3n) is 4.71. The number of aromatic nitrogens is 4. The second-order valence-corrected chi connectivity index (χ2v) is 7.73. The molecule has 3 heterocycles. The highest BCUT2D eigenvalue weighted by Gasteiger charge is 2.25. The Morgan fingerprint density at radius 2 is 2.04 bits per heavy atom. The summed E-state index contributed by atoms with van der Waals surface area (Å²) < 4.78 is 3.89. The number of pyridine rings is 1. The quantitative estimate of drug-likeness (QED) is 0.782.